The molecule has 0 amide bonds. The van der Waals surface area contributed by atoms with Gasteiger partial charge in [0.25, 0.3) is 0 Å². The van der Waals surface area contributed by atoms with Gasteiger partial charge in [0.05, 0.1) is 0 Å². The molecule has 1 fully saturated rings. The first-order chi connectivity index (χ1) is 17.1. The van der Waals surface area contributed by atoms with Gasteiger partial charge in [0.2, 0.25) is 16.0 Å². The lowest BCUT2D eigenvalue weighted by Crippen LogP contribution is -2.46. The van der Waals surface area contributed by atoms with E-state index in [0.717, 1.165) is 22.0 Å². The molecular formula is C23H22F3N5O4S. The number of aromatic hydroxyl groups is 1. The molecule has 1 aliphatic heterocycles. The molecule has 9 nitrogen and oxygen atoms in total. The highest BCUT2D eigenvalue weighted by Crippen LogP contribution is 2.34. The van der Waals surface area contributed by atoms with Crippen LogP contribution in [0.5, 0.6) is 11.5 Å². The van der Waals surface area contributed by atoms with Crippen molar-refractivity contribution in [2.45, 2.75) is 11.3 Å². The van der Waals surface area contributed by atoms with E-state index in [1.54, 1.807) is 36.4 Å². The Labute approximate surface area is 205 Å². The zero-order valence-corrected chi connectivity index (χ0v) is 19.6. The normalized spacial score (nSPS) is 15.2. The highest BCUT2D eigenvalue weighted by atomic mass is 32.2. The molecule has 1 aromatic heterocycles. The third kappa shape index (κ3) is 6.50. The molecular weight excluding hydrogens is 499 g/mol. The number of halogens is 3. The zero-order chi connectivity index (χ0) is 25.8. The molecule has 0 unspecified atom stereocenters. The molecule has 190 valence electrons. The number of aromatic nitrogens is 2. The Kier molecular flexibility index (Phi) is 7.43. The monoisotopic (exact) mass is 521 g/mol. The minimum absolute atomic E-state index is 0.0835. The van der Waals surface area contributed by atoms with Gasteiger partial charge in [0.1, 0.15) is 10.6 Å². The van der Waals surface area contributed by atoms with E-state index in [4.69, 9.17) is 0 Å². The number of hydrogen-bond acceptors (Lipinski definition) is 8. The predicted octanol–water partition coefficient (Wildman–Crippen LogP) is 3.59. The molecule has 0 saturated carbocycles. The highest BCUT2D eigenvalue weighted by Gasteiger charge is 2.36. The molecule has 0 radical (unpaired) electrons. The van der Waals surface area contributed by atoms with E-state index in [-0.39, 0.29) is 30.5 Å². The molecule has 36 heavy (non-hydrogen) atoms. The highest BCUT2D eigenvalue weighted by molar-refractivity contribution is 7.89. The number of ether oxygens (including phenoxy) is 1. The van der Waals surface area contributed by atoms with Crippen molar-refractivity contribution in [3.05, 3.63) is 66.0 Å². The maximum Gasteiger partial charge on any atom is 0.573 e. The summed E-state index contributed by atoms with van der Waals surface area (Å²) in [5, 5.41) is 15.3. The Morgan fingerprint density at radius 3 is 2.39 bits per heavy atom. The van der Waals surface area contributed by atoms with Crippen LogP contribution in [0.2, 0.25) is 0 Å². The van der Waals surface area contributed by atoms with Crippen molar-refractivity contribution in [3.63, 3.8) is 0 Å². The number of phenolic OH excluding ortho intramolecular Hbond substituents is 1. The lowest BCUT2D eigenvalue weighted by molar-refractivity contribution is -0.275. The summed E-state index contributed by atoms with van der Waals surface area (Å²) < 4.78 is 70.3. The predicted molar refractivity (Wildman–Crippen MR) is 127 cm³/mol. The first-order valence-electron chi connectivity index (χ1n) is 10.8. The molecule has 1 saturated heterocycles. The van der Waals surface area contributed by atoms with Crippen molar-refractivity contribution in [1.29, 1.82) is 0 Å². The van der Waals surface area contributed by atoms with Crippen LogP contribution in [0.25, 0.3) is 12.2 Å². The largest absolute Gasteiger partial charge is 0.573 e. The third-order valence-corrected chi connectivity index (χ3v) is 7.07. The number of sulfonamides is 1. The Morgan fingerprint density at radius 1 is 1.03 bits per heavy atom. The molecule has 13 heteroatoms. The molecule has 0 atom stereocenters. The van der Waals surface area contributed by atoms with Gasteiger partial charge in [-0.15, -0.1) is 13.2 Å². The van der Waals surface area contributed by atoms with Gasteiger partial charge in [-0.2, -0.15) is 4.31 Å². The molecule has 3 aromatic rings. The number of nitrogens with one attached hydrogen (secondary N) is 2. The second kappa shape index (κ2) is 10.5. The lowest BCUT2D eigenvalue weighted by atomic mass is 10.2. The summed E-state index contributed by atoms with van der Waals surface area (Å²) in [6, 6.07) is 9.97. The standard InChI is InChI=1S/C23H22F3N5O4S/c24-23(25,26)35-20-13-18(6-7-21(20)36(33,34)31-10-8-27-9-11-31)30-22-28-14-17(15-29-22)5-4-16-2-1-3-19(32)12-16/h1-7,12-15,27,32H,8-11H2,(H,28,29,30)/b5-4+. The SMILES string of the molecule is O=S(=O)(c1ccc(Nc2ncc(/C=C/c3cccc(O)c3)cn2)cc1OC(F)(F)F)N1CCNCC1. The van der Waals surface area contributed by atoms with Crippen molar-refractivity contribution in [1.82, 2.24) is 19.6 Å². The number of phenols is 1. The molecule has 0 bridgehead atoms. The first kappa shape index (κ1) is 25.4. The summed E-state index contributed by atoms with van der Waals surface area (Å²) in [5.41, 5.74) is 1.52. The van der Waals surface area contributed by atoms with Crippen molar-refractivity contribution in [3.8, 4) is 11.5 Å². The average molecular weight is 522 g/mol. The van der Waals surface area contributed by atoms with Crippen LogP contribution in [0.3, 0.4) is 0 Å². The van der Waals surface area contributed by atoms with E-state index in [0.29, 0.717) is 18.7 Å². The Morgan fingerprint density at radius 2 is 1.72 bits per heavy atom. The maximum absolute atomic E-state index is 13.1. The minimum atomic E-state index is -5.09. The number of rotatable bonds is 7. The number of alkyl halides is 3. The second-order valence-corrected chi connectivity index (χ2v) is 9.66. The van der Waals surface area contributed by atoms with E-state index in [2.05, 4.69) is 25.3 Å². The van der Waals surface area contributed by atoms with E-state index in [1.807, 2.05) is 0 Å². The van der Waals surface area contributed by atoms with E-state index in [9.17, 15) is 26.7 Å². The van der Waals surface area contributed by atoms with Gasteiger partial charge >= 0.3 is 6.36 Å². The number of benzene rings is 2. The Bertz CT molecular complexity index is 1340. The molecule has 3 N–H and O–H groups in total. The zero-order valence-electron chi connectivity index (χ0n) is 18.7. The third-order valence-electron chi connectivity index (χ3n) is 5.13. The number of hydrogen-bond donors (Lipinski definition) is 3. The van der Waals surface area contributed by atoms with Gasteiger partial charge in [0.15, 0.2) is 5.75 Å². The topological polar surface area (TPSA) is 117 Å². The van der Waals surface area contributed by atoms with Crippen LogP contribution in [-0.4, -0.2) is 60.3 Å². The summed E-state index contributed by atoms with van der Waals surface area (Å²) in [4.78, 5) is 7.68. The van der Waals surface area contributed by atoms with Crippen LogP contribution in [-0.2, 0) is 10.0 Å². The fourth-order valence-corrected chi connectivity index (χ4v) is 5.00. The van der Waals surface area contributed by atoms with Crippen LogP contribution in [0.4, 0.5) is 24.8 Å². The Balaban J connectivity index is 1.54. The van der Waals surface area contributed by atoms with Gasteiger partial charge in [-0.25, -0.2) is 18.4 Å². The summed E-state index contributed by atoms with van der Waals surface area (Å²) in [6.45, 7) is 1.05. The van der Waals surface area contributed by atoms with Crippen LogP contribution in [0.15, 0.2) is 59.8 Å². The van der Waals surface area contributed by atoms with Crippen molar-refractivity contribution in [2.75, 3.05) is 31.5 Å². The molecule has 1 aliphatic rings. The van der Waals surface area contributed by atoms with E-state index >= 15 is 0 Å². The van der Waals surface area contributed by atoms with Crippen LogP contribution < -0.4 is 15.4 Å². The van der Waals surface area contributed by atoms with Crippen molar-refractivity contribution in [2.24, 2.45) is 0 Å². The molecule has 0 aliphatic carbocycles. The molecule has 2 aromatic carbocycles. The van der Waals surface area contributed by atoms with Gasteiger partial charge in [-0.1, -0.05) is 24.3 Å². The minimum Gasteiger partial charge on any atom is -0.508 e. The second-order valence-electron chi connectivity index (χ2n) is 7.76. The van der Waals surface area contributed by atoms with Crippen LogP contribution >= 0.6 is 0 Å². The van der Waals surface area contributed by atoms with Gasteiger partial charge in [0, 0.05) is 55.9 Å². The van der Waals surface area contributed by atoms with Gasteiger partial charge in [-0.3, -0.25) is 0 Å². The molecule has 4 rings (SSSR count). The molecule has 0 spiro atoms. The fourth-order valence-electron chi connectivity index (χ4n) is 3.47. The maximum atomic E-state index is 13.1. The van der Waals surface area contributed by atoms with E-state index in [1.165, 1.54) is 18.5 Å². The average Bonchev–Trinajstić information content (AvgIpc) is 2.83. The quantitative estimate of drug-likeness (QED) is 0.432. The summed E-state index contributed by atoms with van der Waals surface area (Å²) >= 11 is 0. The first-order valence-corrected chi connectivity index (χ1v) is 12.2. The van der Waals surface area contributed by atoms with Crippen LogP contribution in [0, 0.1) is 0 Å². The van der Waals surface area contributed by atoms with Crippen molar-refractivity contribution < 1.29 is 31.4 Å². The molecule has 2 heterocycles. The fraction of sp³-hybridized carbons (Fsp3) is 0.217. The number of anilines is 2. The van der Waals surface area contributed by atoms with Crippen LogP contribution in [0.1, 0.15) is 11.1 Å². The lowest BCUT2D eigenvalue weighted by Gasteiger charge is -2.27. The summed E-state index contributed by atoms with van der Waals surface area (Å²) in [5.74, 6) is -0.634. The smallest absolute Gasteiger partial charge is 0.508 e. The van der Waals surface area contributed by atoms with Gasteiger partial charge < -0.3 is 20.5 Å². The van der Waals surface area contributed by atoms with Gasteiger partial charge in [-0.05, 0) is 29.8 Å². The Hall–Kier alpha value is -3.68. The van der Waals surface area contributed by atoms with E-state index < -0.39 is 27.0 Å². The summed E-state index contributed by atoms with van der Waals surface area (Å²) in [6.07, 6.45) is 1.37. The summed E-state index contributed by atoms with van der Waals surface area (Å²) in [7, 11) is -4.21. The number of nitrogens with zero attached hydrogens (tertiary/aromatic N) is 3. The number of piperazine rings is 1. The van der Waals surface area contributed by atoms with Crippen molar-refractivity contribution >= 4 is 33.8 Å².